The first-order chi connectivity index (χ1) is 25.9. The Kier molecular flexibility index (Phi) is 37.3. The molecule has 0 aliphatic rings. The molecule has 13 nitrogen and oxygen atoms in total. The third-order valence-corrected chi connectivity index (χ3v) is 9.26. The highest BCUT2D eigenvalue weighted by atomic mass is 16.5. The molecule has 0 saturated carbocycles. The molecule has 0 aliphatic carbocycles. The van der Waals surface area contributed by atoms with Gasteiger partial charge in [-0.05, 0) is 32.1 Å². The van der Waals surface area contributed by atoms with E-state index in [2.05, 4.69) is 5.32 Å². The molecule has 0 aromatic carbocycles. The number of hydrogen-bond acceptors (Lipinski definition) is 9. The standard InChI is InChI=1S/C27H49NO8.C14H24O4/c1-35-20-21-36-19-18-28-25(30)17-16-23(27(33)34)22-24(29)14-12-10-8-6-4-2-3-5-7-9-11-13-15-26(31)32;1-3-12(15)9-7-5-6-8-11(14(17)18)10-13(16)4-2/h23H,2-22H2,1H3,(H,28,30)(H,31,32)(H,33,34);11H,3-10H2,1-2H3,(H,17,18). The fourth-order valence-corrected chi connectivity index (χ4v) is 5.76. The van der Waals surface area contributed by atoms with Gasteiger partial charge in [0.25, 0.3) is 0 Å². The number of carbonyl (C=O) groups is 7. The van der Waals surface area contributed by atoms with Gasteiger partial charge in [-0.15, -0.1) is 0 Å². The summed E-state index contributed by atoms with van der Waals surface area (Å²) >= 11 is 0. The van der Waals surface area contributed by atoms with E-state index < -0.39 is 29.7 Å². The van der Waals surface area contributed by atoms with E-state index in [-0.39, 0.29) is 55.4 Å². The molecule has 1 amide bonds. The summed E-state index contributed by atoms with van der Waals surface area (Å²) in [7, 11) is 1.58. The molecular weight excluding hydrogens is 698 g/mol. The van der Waals surface area contributed by atoms with Gasteiger partial charge in [-0.25, -0.2) is 0 Å². The van der Waals surface area contributed by atoms with Crippen molar-refractivity contribution in [2.24, 2.45) is 11.8 Å². The van der Waals surface area contributed by atoms with Crippen LogP contribution in [0.1, 0.15) is 174 Å². The quantitative estimate of drug-likeness (QED) is 0.0444. The second-order valence-corrected chi connectivity index (χ2v) is 14.0. The van der Waals surface area contributed by atoms with Crippen LogP contribution < -0.4 is 5.32 Å². The molecule has 2 atom stereocenters. The van der Waals surface area contributed by atoms with E-state index in [0.29, 0.717) is 58.5 Å². The monoisotopic (exact) mass is 772 g/mol. The lowest BCUT2D eigenvalue weighted by molar-refractivity contribution is -0.144. The molecule has 0 radical (unpaired) electrons. The van der Waals surface area contributed by atoms with Crippen LogP contribution in [0.15, 0.2) is 0 Å². The smallest absolute Gasteiger partial charge is 0.306 e. The van der Waals surface area contributed by atoms with Crippen LogP contribution in [0.3, 0.4) is 0 Å². The van der Waals surface area contributed by atoms with Gasteiger partial charge in [-0.1, -0.05) is 90.9 Å². The van der Waals surface area contributed by atoms with Crippen LogP contribution in [-0.2, 0) is 43.0 Å². The average Bonchev–Trinajstić information content (AvgIpc) is 3.13. The predicted octanol–water partition coefficient (Wildman–Crippen LogP) is 7.74. The SMILES string of the molecule is CCC(=O)CCCCCC(CC(=O)CC)C(=O)O.COCCOCCNC(=O)CCC(CC(=O)CCCCCCCCCCCCCCC(=O)O)C(=O)O. The molecule has 4 N–H and O–H groups in total. The molecule has 0 rings (SSSR count). The number of unbranched alkanes of at least 4 members (excludes halogenated alkanes) is 13. The third-order valence-electron chi connectivity index (χ3n) is 9.26. The van der Waals surface area contributed by atoms with Gasteiger partial charge in [-0.2, -0.15) is 0 Å². The van der Waals surface area contributed by atoms with Crippen LogP contribution in [-0.4, -0.2) is 90.0 Å². The number of nitrogens with one attached hydrogen (secondary N) is 1. The summed E-state index contributed by atoms with van der Waals surface area (Å²) in [4.78, 5) is 79.3. The Morgan fingerprint density at radius 1 is 0.500 bits per heavy atom. The molecule has 2 unspecified atom stereocenters. The van der Waals surface area contributed by atoms with Crippen molar-refractivity contribution in [2.45, 2.75) is 174 Å². The number of methoxy groups -OCH3 is 1. The predicted molar refractivity (Wildman–Crippen MR) is 207 cm³/mol. The number of aliphatic carboxylic acids is 3. The van der Waals surface area contributed by atoms with Gasteiger partial charge >= 0.3 is 17.9 Å². The van der Waals surface area contributed by atoms with E-state index in [0.717, 1.165) is 64.2 Å². The van der Waals surface area contributed by atoms with Gasteiger partial charge in [-0.3, -0.25) is 33.6 Å². The van der Waals surface area contributed by atoms with Crippen LogP contribution in [0.2, 0.25) is 0 Å². The van der Waals surface area contributed by atoms with Crippen molar-refractivity contribution in [3.05, 3.63) is 0 Å². The van der Waals surface area contributed by atoms with Gasteiger partial charge in [0.15, 0.2) is 0 Å². The topological polar surface area (TPSA) is 211 Å². The number of hydrogen-bond donors (Lipinski definition) is 4. The van der Waals surface area contributed by atoms with Crippen LogP contribution in [0.5, 0.6) is 0 Å². The lowest BCUT2D eigenvalue weighted by Crippen LogP contribution is -2.29. The minimum Gasteiger partial charge on any atom is -0.481 e. The molecule has 0 bridgehead atoms. The maximum Gasteiger partial charge on any atom is 0.306 e. The molecule has 0 aromatic rings. The van der Waals surface area contributed by atoms with E-state index in [4.69, 9.17) is 19.7 Å². The van der Waals surface area contributed by atoms with E-state index in [1.807, 2.05) is 6.92 Å². The van der Waals surface area contributed by atoms with E-state index in [9.17, 15) is 38.7 Å². The molecule has 0 aromatic heterocycles. The van der Waals surface area contributed by atoms with Gasteiger partial charge in [0.2, 0.25) is 5.91 Å². The molecule has 13 heteroatoms. The highest BCUT2D eigenvalue weighted by Gasteiger charge is 2.22. The fourth-order valence-electron chi connectivity index (χ4n) is 5.76. The molecule has 54 heavy (non-hydrogen) atoms. The van der Waals surface area contributed by atoms with Crippen molar-refractivity contribution in [2.75, 3.05) is 33.5 Å². The zero-order valence-corrected chi connectivity index (χ0v) is 33.7. The third kappa shape index (κ3) is 37.1. The second-order valence-electron chi connectivity index (χ2n) is 14.0. The van der Waals surface area contributed by atoms with Crippen molar-refractivity contribution >= 4 is 41.2 Å². The molecule has 0 aliphatic heterocycles. The Balaban J connectivity index is 0. The summed E-state index contributed by atoms with van der Waals surface area (Å²) < 4.78 is 10.1. The van der Waals surface area contributed by atoms with Crippen molar-refractivity contribution in [3.63, 3.8) is 0 Å². The first-order valence-corrected chi connectivity index (χ1v) is 20.4. The zero-order valence-electron chi connectivity index (χ0n) is 33.7. The maximum absolute atomic E-state index is 12.2. The normalized spacial score (nSPS) is 11.9. The minimum atomic E-state index is -1.03. The largest absolute Gasteiger partial charge is 0.481 e. The summed E-state index contributed by atoms with van der Waals surface area (Å²) in [5.74, 6) is -4.03. The summed E-state index contributed by atoms with van der Waals surface area (Å²) in [6.07, 6.45) is 18.4. The van der Waals surface area contributed by atoms with Crippen molar-refractivity contribution in [1.29, 1.82) is 0 Å². The number of carboxylic acid groups (broad SMARTS) is 3. The van der Waals surface area contributed by atoms with Gasteiger partial charge in [0.1, 0.15) is 17.3 Å². The summed E-state index contributed by atoms with van der Waals surface area (Å²) in [6.45, 7) is 5.26. The maximum atomic E-state index is 12.2. The van der Waals surface area contributed by atoms with Crippen LogP contribution in [0.4, 0.5) is 0 Å². The molecule has 0 saturated heterocycles. The lowest BCUT2D eigenvalue weighted by Gasteiger charge is -2.12. The Morgan fingerprint density at radius 2 is 0.944 bits per heavy atom. The Bertz CT molecular complexity index is 1030. The number of Topliss-reactive ketones (excluding diaryl/α,β-unsaturated/α-hetero) is 3. The molecule has 0 heterocycles. The number of rotatable bonds is 38. The lowest BCUT2D eigenvalue weighted by atomic mass is 9.94. The van der Waals surface area contributed by atoms with Crippen molar-refractivity contribution in [3.8, 4) is 0 Å². The Labute approximate surface area is 324 Å². The summed E-state index contributed by atoms with van der Waals surface area (Å²) in [5, 5.41) is 29.7. The average molecular weight is 772 g/mol. The number of carboxylic acids is 3. The first kappa shape index (κ1) is 52.9. The highest BCUT2D eigenvalue weighted by molar-refractivity contribution is 5.84. The summed E-state index contributed by atoms with van der Waals surface area (Å²) in [6, 6.07) is 0. The van der Waals surface area contributed by atoms with Gasteiger partial charge in [0, 0.05) is 65.0 Å². The summed E-state index contributed by atoms with van der Waals surface area (Å²) in [5.41, 5.74) is 0. The number of carbonyl (C=O) groups excluding carboxylic acids is 4. The molecule has 0 spiro atoms. The minimum absolute atomic E-state index is 0.00330. The Morgan fingerprint density at radius 3 is 1.43 bits per heavy atom. The van der Waals surface area contributed by atoms with Crippen molar-refractivity contribution < 1.29 is 58.4 Å². The highest BCUT2D eigenvalue weighted by Crippen LogP contribution is 2.18. The number of ketones is 3. The van der Waals surface area contributed by atoms with Crippen molar-refractivity contribution in [1.82, 2.24) is 5.32 Å². The van der Waals surface area contributed by atoms with E-state index in [1.165, 1.54) is 32.1 Å². The van der Waals surface area contributed by atoms with Gasteiger partial charge in [0.05, 0.1) is 31.7 Å². The van der Waals surface area contributed by atoms with Crippen LogP contribution in [0, 0.1) is 11.8 Å². The molecule has 314 valence electrons. The number of ether oxygens (including phenoxy) is 2. The zero-order chi connectivity index (χ0) is 40.8. The fraction of sp³-hybridized carbons (Fsp3) is 0.829. The van der Waals surface area contributed by atoms with E-state index >= 15 is 0 Å². The van der Waals surface area contributed by atoms with Crippen LogP contribution in [0.25, 0.3) is 0 Å². The Hall–Kier alpha value is -3.19. The number of amides is 1. The van der Waals surface area contributed by atoms with Crippen LogP contribution >= 0.6 is 0 Å². The first-order valence-electron chi connectivity index (χ1n) is 20.4. The molecular formula is C41H73NO12. The second kappa shape index (κ2) is 38.1. The van der Waals surface area contributed by atoms with E-state index in [1.54, 1.807) is 14.0 Å². The van der Waals surface area contributed by atoms with Gasteiger partial charge < -0.3 is 30.1 Å². The molecule has 0 fully saturated rings.